The van der Waals surface area contributed by atoms with Gasteiger partial charge in [-0.2, -0.15) is 0 Å². The molecule has 0 fully saturated rings. The minimum Gasteiger partial charge on any atom is -0.444 e. The Balaban J connectivity index is 1.65. The van der Waals surface area contributed by atoms with E-state index in [1.54, 1.807) is 11.3 Å². The SMILES string of the molecule is CC(C)(C)OC(=O)NC/C=C/CNCc1csc2ccccc12. The topological polar surface area (TPSA) is 50.4 Å². The Hall–Kier alpha value is -1.85. The number of nitrogens with one attached hydrogen (secondary N) is 2. The molecule has 0 saturated heterocycles. The summed E-state index contributed by atoms with van der Waals surface area (Å²) < 4.78 is 6.48. The number of thiophene rings is 1. The summed E-state index contributed by atoms with van der Waals surface area (Å²) in [7, 11) is 0. The average molecular weight is 332 g/mol. The van der Waals surface area contributed by atoms with E-state index in [9.17, 15) is 4.79 Å². The fourth-order valence-corrected chi connectivity index (χ4v) is 3.05. The van der Waals surface area contributed by atoms with E-state index in [0.717, 1.165) is 13.1 Å². The number of fused-ring (bicyclic) bond motifs is 1. The minimum absolute atomic E-state index is 0.389. The van der Waals surface area contributed by atoms with Gasteiger partial charge in [-0.15, -0.1) is 11.3 Å². The van der Waals surface area contributed by atoms with Crippen molar-refractivity contribution >= 4 is 27.5 Å². The molecule has 23 heavy (non-hydrogen) atoms. The summed E-state index contributed by atoms with van der Waals surface area (Å²) in [5.41, 5.74) is 0.865. The first-order chi connectivity index (χ1) is 11.0. The summed E-state index contributed by atoms with van der Waals surface area (Å²) in [5, 5.41) is 9.60. The van der Waals surface area contributed by atoms with Gasteiger partial charge >= 0.3 is 6.09 Å². The zero-order chi connectivity index (χ0) is 16.7. The molecule has 2 N–H and O–H groups in total. The van der Waals surface area contributed by atoms with Gasteiger partial charge in [0.15, 0.2) is 0 Å². The molecule has 0 radical (unpaired) electrons. The van der Waals surface area contributed by atoms with E-state index in [2.05, 4.69) is 40.3 Å². The lowest BCUT2D eigenvalue weighted by molar-refractivity contribution is 0.0534. The maximum absolute atomic E-state index is 11.4. The minimum atomic E-state index is -0.460. The van der Waals surface area contributed by atoms with Gasteiger partial charge in [-0.05, 0) is 43.2 Å². The number of rotatable bonds is 6. The van der Waals surface area contributed by atoms with Gasteiger partial charge in [0, 0.05) is 24.3 Å². The standard InChI is InChI=1S/C18H24N2O2S/c1-18(2,3)22-17(21)20-11-7-6-10-19-12-14-13-23-16-9-5-4-8-15(14)16/h4-9,13,19H,10-12H2,1-3H3,(H,20,21)/b7-6+. The summed E-state index contributed by atoms with van der Waals surface area (Å²) in [6.45, 7) is 7.62. The second kappa shape index (κ2) is 8.13. The number of amides is 1. The smallest absolute Gasteiger partial charge is 0.407 e. The summed E-state index contributed by atoms with van der Waals surface area (Å²) >= 11 is 1.77. The molecule has 2 aromatic rings. The zero-order valence-corrected chi connectivity index (χ0v) is 14.7. The molecule has 124 valence electrons. The van der Waals surface area contributed by atoms with Crippen molar-refractivity contribution < 1.29 is 9.53 Å². The van der Waals surface area contributed by atoms with Crippen LogP contribution in [0.25, 0.3) is 10.1 Å². The number of hydrogen-bond donors (Lipinski definition) is 2. The molecule has 1 aromatic carbocycles. The predicted molar refractivity (Wildman–Crippen MR) is 96.9 cm³/mol. The first-order valence-electron chi connectivity index (χ1n) is 7.73. The van der Waals surface area contributed by atoms with Gasteiger partial charge in [-0.3, -0.25) is 0 Å². The molecule has 1 amide bonds. The summed E-state index contributed by atoms with van der Waals surface area (Å²) in [6.07, 6.45) is 3.54. The molecule has 0 unspecified atom stereocenters. The number of alkyl carbamates (subject to hydrolysis) is 1. The van der Waals surface area contributed by atoms with Crippen LogP contribution in [-0.2, 0) is 11.3 Å². The van der Waals surface area contributed by atoms with E-state index in [-0.39, 0.29) is 6.09 Å². The average Bonchev–Trinajstić information content (AvgIpc) is 2.88. The van der Waals surface area contributed by atoms with Gasteiger partial charge in [0.2, 0.25) is 0 Å². The van der Waals surface area contributed by atoms with E-state index < -0.39 is 5.60 Å². The quantitative estimate of drug-likeness (QED) is 0.619. The highest BCUT2D eigenvalue weighted by molar-refractivity contribution is 7.17. The highest BCUT2D eigenvalue weighted by atomic mass is 32.1. The van der Waals surface area contributed by atoms with Gasteiger partial charge in [-0.25, -0.2) is 4.79 Å². The Labute approximate surface area is 141 Å². The van der Waals surface area contributed by atoms with Crippen LogP contribution in [0.4, 0.5) is 4.79 Å². The van der Waals surface area contributed by atoms with Gasteiger partial charge in [-0.1, -0.05) is 30.4 Å². The number of benzene rings is 1. The van der Waals surface area contributed by atoms with Crippen LogP contribution in [0.15, 0.2) is 41.8 Å². The highest BCUT2D eigenvalue weighted by Gasteiger charge is 2.14. The van der Waals surface area contributed by atoms with Crippen LogP contribution in [0, 0.1) is 0 Å². The largest absolute Gasteiger partial charge is 0.444 e. The van der Waals surface area contributed by atoms with Gasteiger partial charge in [0.05, 0.1) is 0 Å². The molecule has 0 spiro atoms. The zero-order valence-electron chi connectivity index (χ0n) is 13.9. The summed E-state index contributed by atoms with van der Waals surface area (Å²) in [6, 6.07) is 8.44. The molecule has 1 heterocycles. The first-order valence-corrected chi connectivity index (χ1v) is 8.61. The molecule has 0 bridgehead atoms. The highest BCUT2D eigenvalue weighted by Crippen LogP contribution is 2.25. The predicted octanol–water partition coefficient (Wildman–Crippen LogP) is 4.07. The fraction of sp³-hybridized carbons (Fsp3) is 0.389. The first kappa shape index (κ1) is 17.5. The normalized spacial score (nSPS) is 12.0. The number of hydrogen-bond acceptors (Lipinski definition) is 4. The maximum atomic E-state index is 11.4. The van der Waals surface area contributed by atoms with E-state index in [0.29, 0.717) is 6.54 Å². The molecule has 0 aliphatic carbocycles. The molecule has 1 aromatic heterocycles. The van der Waals surface area contributed by atoms with Gasteiger partial charge < -0.3 is 15.4 Å². The second-order valence-electron chi connectivity index (χ2n) is 6.24. The van der Waals surface area contributed by atoms with Crippen LogP contribution in [0.2, 0.25) is 0 Å². The van der Waals surface area contributed by atoms with Crippen molar-refractivity contribution in [3.05, 3.63) is 47.4 Å². The van der Waals surface area contributed by atoms with Crippen LogP contribution in [0.1, 0.15) is 26.3 Å². The fourth-order valence-electron chi connectivity index (χ4n) is 2.08. The summed E-state index contributed by atoms with van der Waals surface area (Å²) in [4.78, 5) is 11.4. The van der Waals surface area contributed by atoms with Crippen LogP contribution >= 0.6 is 11.3 Å². The molecule has 0 aliphatic heterocycles. The van der Waals surface area contributed by atoms with Crippen molar-refractivity contribution in [2.45, 2.75) is 32.9 Å². The third-order valence-electron chi connectivity index (χ3n) is 3.07. The Morgan fingerprint density at radius 2 is 1.96 bits per heavy atom. The van der Waals surface area contributed by atoms with Crippen LogP contribution in [0.5, 0.6) is 0 Å². The molecular formula is C18H24N2O2S. The Kier molecular flexibility index (Phi) is 6.19. The van der Waals surface area contributed by atoms with Crippen molar-refractivity contribution in [1.29, 1.82) is 0 Å². The lowest BCUT2D eigenvalue weighted by Gasteiger charge is -2.19. The molecule has 0 saturated carbocycles. The Morgan fingerprint density at radius 3 is 2.74 bits per heavy atom. The molecule has 4 nitrogen and oxygen atoms in total. The maximum Gasteiger partial charge on any atom is 0.407 e. The van der Waals surface area contributed by atoms with Gasteiger partial charge in [0.25, 0.3) is 0 Å². The third-order valence-corrected chi connectivity index (χ3v) is 4.08. The van der Waals surface area contributed by atoms with Gasteiger partial charge in [0.1, 0.15) is 5.60 Å². The molecule has 5 heteroatoms. The van der Waals surface area contributed by atoms with E-state index in [4.69, 9.17) is 4.74 Å². The van der Waals surface area contributed by atoms with Crippen molar-refractivity contribution in [2.24, 2.45) is 0 Å². The summed E-state index contributed by atoms with van der Waals surface area (Å²) in [5.74, 6) is 0. The number of ether oxygens (including phenoxy) is 1. The second-order valence-corrected chi connectivity index (χ2v) is 7.15. The van der Waals surface area contributed by atoms with Crippen LogP contribution in [0.3, 0.4) is 0 Å². The third kappa shape index (κ3) is 6.04. The van der Waals surface area contributed by atoms with E-state index in [1.165, 1.54) is 15.6 Å². The van der Waals surface area contributed by atoms with Crippen LogP contribution < -0.4 is 10.6 Å². The van der Waals surface area contributed by atoms with Crippen molar-refractivity contribution in [1.82, 2.24) is 10.6 Å². The molecular weight excluding hydrogens is 308 g/mol. The lowest BCUT2D eigenvalue weighted by atomic mass is 10.2. The lowest BCUT2D eigenvalue weighted by Crippen LogP contribution is -2.32. The van der Waals surface area contributed by atoms with E-state index in [1.807, 2.05) is 32.9 Å². The Bertz CT molecular complexity index is 671. The van der Waals surface area contributed by atoms with Crippen LogP contribution in [-0.4, -0.2) is 24.8 Å². The monoisotopic (exact) mass is 332 g/mol. The van der Waals surface area contributed by atoms with Crippen molar-refractivity contribution in [3.63, 3.8) is 0 Å². The molecule has 0 aliphatic rings. The van der Waals surface area contributed by atoms with E-state index >= 15 is 0 Å². The number of carbonyl (C=O) groups excluding carboxylic acids is 1. The molecule has 0 atom stereocenters. The van der Waals surface area contributed by atoms with Crippen molar-refractivity contribution in [3.8, 4) is 0 Å². The molecule has 2 rings (SSSR count). The Morgan fingerprint density at radius 1 is 1.22 bits per heavy atom. The van der Waals surface area contributed by atoms with Crippen molar-refractivity contribution in [2.75, 3.05) is 13.1 Å². The number of carbonyl (C=O) groups is 1.